The Kier molecular flexibility index (Phi) is 8.65. The van der Waals surface area contributed by atoms with Crippen LogP contribution in [0.1, 0.15) is 58.9 Å². The summed E-state index contributed by atoms with van der Waals surface area (Å²) in [7, 11) is 0. The smallest absolute Gasteiger partial charge is 0.263 e. The number of hydrogen-bond acceptors (Lipinski definition) is 7. The molecule has 3 aromatic heterocycles. The number of nitrogens with one attached hydrogen (secondary N) is 3. The van der Waals surface area contributed by atoms with Crippen LogP contribution in [0.4, 0.5) is 11.4 Å². The quantitative estimate of drug-likeness (QED) is 0.363. The Bertz CT molecular complexity index is 1150. The third-order valence-electron chi connectivity index (χ3n) is 6.12. The summed E-state index contributed by atoms with van der Waals surface area (Å²) in [5, 5.41) is 10.4. The number of carbonyl (C=O) groups excluding carboxylic acids is 2. The standard InChI is InChI=1S/C25H29ClN6O2S/c1-16-20(12-18(26)13-28-16)29-15-23-30-14-22(35-23)25(34)32-21(11-17-5-3-2-4-6-17)24(33)31-19-7-9-27-10-8-19/h7-10,12-14,17,21,29H,2-6,11,15H2,1H3,(H,32,34)(H,27,31,33). The number of aromatic nitrogens is 3. The highest BCUT2D eigenvalue weighted by Gasteiger charge is 2.27. The molecule has 0 saturated heterocycles. The summed E-state index contributed by atoms with van der Waals surface area (Å²) >= 11 is 7.33. The Morgan fingerprint density at radius 1 is 1.14 bits per heavy atom. The molecule has 184 valence electrons. The summed E-state index contributed by atoms with van der Waals surface area (Å²) < 4.78 is 0. The van der Waals surface area contributed by atoms with Crippen molar-refractivity contribution in [2.45, 2.75) is 58.0 Å². The summed E-state index contributed by atoms with van der Waals surface area (Å²) in [6, 6.07) is 4.65. The van der Waals surface area contributed by atoms with E-state index in [1.807, 2.05) is 13.0 Å². The van der Waals surface area contributed by atoms with Crippen LogP contribution in [0.3, 0.4) is 0 Å². The number of carbonyl (C=O) groups is 2. The summed E-state index contributed by atoms with van der Waals surface area (Å²) in [6.45, 7) is 2.33. The van der Waals surface area contributed by atoms with Crippen molar-refractivity contribution in [1.29, 1.82) is 0 Å². The maximum Gasteiger partial charge on any atom is 0.263 e. The second kappa shape index (κ2) is 12.1. The number of hydrogen-bond donors (Lipinski definition) is 3. The normalized spacial score (nSPS) is 14.8. The van der Waals surface area contributed by atoms with Crippen LogP contribution in [0, 0.1) is 12.8 Å². The van der Waals surface area contributed by atoms with Crippen molar-refractivity contribution in [2.24, 2.45) is 5.92 Å². The first kappa shape index (κ1) is 25.1. The maximum absolute atomic E-state index is 13.1. The van der Waals surface area contributed by atoms with Crippen molar-refractivity contribution in [2.75, 3.05) is 10.6 Å². The summed E-state index contributed by atoms with van der Waals surface area (Å²) in [6.07, 6.45) is 12.8. The van der Waals surface area contributed by atoms with Gasteiger partial charge in [0.05, 0.1) is 29.1 Å². The van der Waals surface area contributed by atoms with E-state index in [4.69, 9.17) is 11.6 Å². The topological polar surface area (TPSA) is 109 Å². The average molecular weight is 513 g/mol. The molecule has 1 aliphatic carbocycles. The van der Waals surface area contributed by atoms with Gasteiger partial charge in [0.15, 0.2) is 0 Å². The minimum atomic E-state index is -0.623. The van der Waals surface area contributed by atoms with E-state index in [9.17, 15) is 9.59 Å². The van der Waals surface area contributed by atoms with Gasteiger partial charge >= 0.3 is 0 Å². The highest BCUT2D eigenvalue weighted by Crippen LogP contribution is 2.28. The fourth-order valence-electron chi connectivity index (χ4n) is 4.24. The zero-order valence-corrected chi connectivity index (χ0v) is 21.2. The molecule has 4 rings (SSSR count). The van der Waals surface area contributed by atoms with E-state index < -0.39 is 6.04 Å². The molecule has 3 aromatic rings. The number of rotatable bonds is 9. The molecular formula is C25H29ClN6O2S. The van der Waals surface area contributed by atoms with Crippen LogP contribution < -0.4 is 16.0 Å². The molecule has 1 unspecified atom stereocenters. The van der Waals surface area contributed by atoms with E-state index in [0.717, 1.165) is 29.2 Å². The van der Waals surface area contributed by atoms with Crippen LogP contribution in [0.5, 0.6) is 0 Å². The first-order valence-electron chi connectivity index (χ1n) is 11.8. The second-order valence-corrected chi connectivity index (χ2v) is 10.3. The third-order valence-corrected chi connectivity index (χ3v) is 7.33. The maximum atomic E-state index is 13.1. The van der Waals surface area contributed by atoms with Gasteiger partial charge in [-0.2, -0.15) is 0 Å². The van der Waals surface area contributed by atoms with Gasteiger partial charge in [-0.15, -0.1) is 11.3 Å². The van der Waals surface area contributed by atoms with E-state index >= 15 is 0 Å². The molecule has 0 aliphatic heterocycles. The molecule has 35 heavy (non-hydrogen) atoms. The average Bonchev–Trinajstić information content (AvgIpc) is 3.35. The Labute approximate surface area is 213 Å². The van der Waals surface area contributed by atoms with Crippen molar-refractivity contribution in [3.63, 3.8) is 0 Å². The number of aryl methyl sites for hydroxylation is 1. The van der Waals surface area contributed by atoms with Gasteiger partial charge in [0, 0.05) is 24.3 Å². The van der Waals surface area contributed by atoms with E-state index in [2.05, 4.69) is 30.9 Å². The van der Waals surface area contributed by atoms with Gasteiger partial charge in [-0.25, -0.2) is 4.98 Å². The lowest BCUT2D eigenvalue weighted by Crippen LogP contribution is -2.45. The zero-order valence-electron chi connectivity index (χ0n) is 19.6. The Balaban J connectivity index is 1.40. The first-order valence-corrected chi connectivity index (χ1v) is 13.0. The van der Waals surface area contributed by atoms with Crippen molar-refractivity contribution in [1.82, 2.24) is 20.3 Å². The molecule has 0 spiro atoms. The summed E-state index contributed by atoms with van der Waals surface area (Å²) in [5.74, 6) is -0.0847. The van der Waals surface area contributed by atoms with Crippen LogP contribution in [0.2, 0.25) is 5.02 Å². The number of anilines is 2. The highest BCUT2D eigenvalue weighted by atomic mass is 35.5. The van der Waals surface area contributed by atoms with Gasteiger partial charge in [-0.05, 0) is 37.5 Å². The number of amides is 2. The third kappa shape index (κ3) is 7.22. The lowest BCUT2D eigenvalue weighted by Gasteiger charge is -2.26. The number of halogens is 1. The molecule has 0 radical (unpaired) electrons. The molecule has 1 atom stereocenters. The minimum absolute atomic E-state index is 0.217. The van der Waals surface area contributed by atoms with E-state index in [1.54, 1.807) is 36.9 Å². The van der Waals surface area contributed by atoms with Crippen LogP contribution >= 0.6 is 22.9 Å². The lowest BCUT2D eigenvalue weighted by molar-refractivity contribution is -0.118. The molecule has 1 saturated carbocycles. The Morgan fingerprint density at radius 2 is 1.91 bits per heavy atom. The molecule has 0 bridgehead atoms. The monoisotopic (exact) mass is 512 g/mol. The van der Waals surface area contributed by atoms with Crippen LogP contribution in [-0.4, -0.2) is 32.8 Å². The predicted octanol–water partition coefficient (Wildman–Crippen LogP) is 5.21. The molecule has 3 N–H and O–H groups in total. The molecule has 2 amide bonds. The first-order chi connectivity index (χ1) is 17.0. The van der Waals surface area contributed by atoms with Gasteiger partial charge in [-0.1, -0.05) is 43.7 Å². The largest absolute Gasteiger partial charge is 0.377 e. The number of thiazole rings is 1. The van der Waals surface area contributed by atoms with Gasteiger partial charge in [0.1, 0.15) is 15.9 Å². The fourth-order valence-corrected chi connectivity index (χ4v) is 5.15. The molecule has 10 heteroatoms. The zero-order chi connectivity index (χ0) is 24.6. The van der Waals surface area contributed by atoms with Crippen LogP contribution in [0.25, 0.3) is 0 Å². The number of pyridine rings is 2. The minimum Gasteiger partial charge on any atom is -0.377 e. The molecule has 8 nitrogen and oxygen atoms in total. The van der Waals surface area contributed by atoms with Gasteiger partial charge in [0.25, 0.3) is 5.91 Å². The fraction of sp³-hybridized carbons (Fsp3) is 0.400. The predicted molar refractivity (Wildman–Crippen MR) is 139 cm³/mol. The van der Waals surface area contributed by atoms with Gasteiger partial charge in [-0.3, -0.25) is 19.6 Å². The second-order valence-electron chi connectivity index (χ2n) is 8.75. The van der Waals surface area contributed by atoms with Gasteiger partial charge < -0.3 is 16.0 Å². The molecule has 0 aromatic carbocycles. The van der Waals surface area contributed by atoms with Crippen molar-refractivity contribution >= 4 is 46.1 Å². The van der Waals surface area contributed by atoms with E-state index in [-0.39, 0.29) is 11.8 Å². The van der Waals surface area contributed by atoms with Crippen molar-refractivity contribution in [3.8, 4) is 0 Å². The molecule has 3 heterocycles. The van der Waals surface area contributed by atoms with Crippen molar-refractivity contribution in [3.05, 3.63) is 63.6 Å². The SMILES string of the molecule is Cc1ncc(Cl)cc1NCc1ncc(C(=O)NC(CC2CCCCC2)C(=O)Nc2ccncc2)s1. The lowest BCUT2D eigenvalue weighted by atomic mass is 9.84. The Hall–Kier alpha value is -3.04. The summed E-state index contributed by atoms with van der Waals surface area (Å²) in [5.41, 5.74) is 2.30. The van der Waals surface area contributed by atoms with E-state index in [1.165, 1.54) is 30.6 Å². The Morgan fingerprint density at radius 3 is 2.69 bits per heavy atom. The molecular weight excluding hydrogens is 484 g/mol. The number of nitrogens with zero attached hydrogens (tertiary/aromatic N) is 3. The van der Waals surface area contributed by atoms with E-state index in [0.29, 0.717) is 34.5 Å². The summed E-state index contributed by atoms with van der Waals surface area (Å²) in [4.78, 5) is 39.2. The molecule has 1 aliphatic rings. The van der Waals surface area contributed by atoms with Crippen molar-refractivity contribution < 1.29 is 9.59 Å². The van der Waals surface area contributed by atoms with Gasteiger partial charge in [0.2, 0.25) is 5.91 Å². The van der Waals surface area contributed by atoms with Crippen LogP contribution in [-0.2, 0) is 11.3 Å². The highest BCUT2D eigenvalue weighted by molar-refractivity contribution is 7.13. The van der Waals surface area contributed by atoms with Crippen LogP contribution in [0.15, 0.2) is 43.0 Å². The molecule has 1 fully saturated rings.